The number of rotatable bonds is 11. The van der Waals surface area contributed by atoms with Crippen LogP contribution in [0, 0.1) is 0 Å². The van der Waals surface area contributed by atoms with Crippen molar-refractivity contribution < 1.29 is 23.8 Å². The molecule has 5 rings (SSSR count). The van der Waals surface area contributed by atoms with Crippen LogP contribution in [0.1, 0.15) is 25.3 Å². The van der Waals surface area contributed by atoms with E-state index in [4.69, 9.17) is 19.0 Å². The fourth-order valence-electron chi connectivity index (χ4n) is 4.54. The number of aliphatic carboxylic acids is 1. The summed E-state index contributed by atoms with van der Waals surface area (Å²) in [5, 5.41) is 11.1. The Morgan fingerprint density at radius 1 is 0.944 bits per heavy atom. The quantitative estimate of drug-likeness (QED) is 0.206. The third-order valence-electron chi connectivity index (χ3n) is 6.19. The van der Waals surface area contributed by atoms with Gasteiger partial charge in [-0.2, -0.15) is 0 Å². The molecule has 184 valence electrons. The Balaban J connectivity index is 1.24. The van der Waals surface area contributed by atoms with Gasteiger partial charge in [-0.25, -0.2) is 0 Å². The molecule has 36 heavy (non-hydrogen) atoms. The van der Waals surface area contributed by atoms with Gasteiger partial charge in [-0.3, -0.25) is 4.79 Å². The first kappa shape index (κ1) is 23.5. The Kier molecular flexibility index (Phi) is 6.94. The standard InChI is InChI=1S/C30H29NO5/c1-2-8-24-27(14-13-22-19-28(36-30(22)24)21-9-4-3-5-10-21)35-18-7-17-34-26-12-6-11-25-23(26)15-16-31(25)20-29(32)33/h3-6,9-16,19H,2,7-8,17-18,20H2,1H3,(H,32,33). The zero-order valence-corrected chi connectivity index (χ0v) is 20.3. The number of hydrogen-bond acceptors (Lipinski definition) is 4. The van der Waals surface area contributed by atoms with E-state index in [1.165, 1.54) is 0 Å². The van der Waals surface area contributed by atoms with E-state index in [0.29, 0.717) is 19.6 Å². The second-order valence-electron chi connectivity index (χ2n) is 8.76. The van der Waals surface area contributed by atoms with E-state index in [9.17, 15) is 4.79 Å². The first-order chi connectivity index (χ1) is 17.6. The van der Waals surface area contributed by atoms with Gasteiger partial charge in [0, 0.05) is 34.5 Å². The molecule has 0 aliphatic heterocycles. The van der Waals surface area contributed by atoms with Crippen molar-refractivity contribution in [1.29, 1.82) is 0 Å². The minimum Gasteiger partial charge on any atom is -0.493 e. The van der Waals surface area contributed by atoms with Gasteiger partial charge in [0.15, 0.2) is 0 Å². The molecule has 2 aromatic heterocycles. The predicted octanol–water partition coefficient (Wildman–Crippen LogP) is 6.94. The lowest BCUT2D eigenvalue weighted by atomic mass is 10.1. The third-order valence-corrected chi connectivity index (χ3v) is 6.19. The van der Waals surface area contributed by atoms with Crippen molar-refractivity contribution in [2.24, 2.45) is 0 Å². The van der Waals surface area contributed by atoms with Crippen LogP contribution in [0.15, 0.2) is 83.4 Å². The van der Waals surface area contributed by atoms with Gasteiger partial charge >= 0.3 is 5.97 Å². The molecule has 1 N–H and O–H groups in total. The van der Waals surface area contributed by atoms with Crippen LogP contribution >= 0.6 is 0 Å². The lowest BCUT2D eigenvalue weighted by Gasteiger charge is -2.12. The summed E-state index contributed by atoms with van der Waals surface area (Å²) in [7, 11) is 0. The first-order valence-electron chi connectivity index (χ1n) is 12.3. The van der Waals surface area contributed by atoms with Gasteiger partial charge in [-0.05, 0) is 42.8 Å². The molecule has 3 aromatic carbocycles. The van der Waals surface area contributed by atoms with Crippen molar-refractivity contribution in [3.63, 3.8) is 0 Å². The normalized spacial score (nSPS) is 11.2. The van der Waals surface area contributed by atoms with E-state index in [1.54, 1.807) is 10.8 Å². The Bertz CT molecular complexity index is 1480. The second-order valence-corrected chi connectivity index (χ2v) is 8.76. The number of benzene rings is 3. The largest absolute Gasteiger partial charge is 0.493 e. The molecule has 0 bridgehead atoms. The lowest BCUT2D eigenvalue weighted by molar-refractivity contribution is -0.137. The van der Waals surface area contributed by atoms with E-state index >= 15 is 0 Å². The molecular formula is C30H29NO5. The van der Waals surface area contributed by atoms with E-state index < -0.39 is 5.97 Å². The Hall–Kier alpha value is -4.19. The highest BCUT2D eigenvalue weighted by Crippen LogP contribution is 2.35. The van der Waals surface area contributed by atoms with Crippen molar-refractivity contribution in [2.75, 3.05) is 13.2 Å². The average molecular weight is 484 g/mol. The molecule has 0 unspecified atom stereocenters. The van der Waals surface area contributed by atoms with E-state index in [0.717, 1.165) is 63.1 Å². The van der Waals surface area contributed by atoms with Crippen LogP contribution < -0.4 is 9.47 Å². The molecule has 0 radical (unpaired) electrons. The average Bonchev–Trinajstić information content (AvgIpc) is 3.50. The minimum atomic E-state index is -0.873. The number of ether oxygens (including phenoxy) is 2. The fraction of sp³-hybridized carbons (Fsp3) is 0.233. The number of hydrogen-bond donors (Lipinski definition) is 1. The van der Waals surface area contributed by atoms with Gasteiger partial charge in [-0.15, -0.1) is 0 Å². The van der Waals surface area contributed by atoms with Crippen molar-refractivity contribution in [2.45, 2.75) is 32.7 Å². The van der Waals surface area contributed by atoms with E-state index in [-0.39, 0.29) is 6.54 Å². The smallest absolute Gasteiger partial charge is 0.323 e. The predicted molar refractivity (Wildman–Crippen MR) is 141 cm³/mol. The summed E-state index contributed by atoms with van der Waals surface area (Å²) in [5.41, 5.74) is 3.89. The topological polar surface area (TPSA) is 73.8 Å². The van der Waals surface area contributed by atoms with Crippen LogP contribution in [0.4, 0.5) is 0 Å². The molecule has 0 amide bonds. The summed E-state index contributed by atoms with van der Waals surface area (Å²) < 4.78 is 20.2. The number of carboxylic acid groups (broad SMARTS) is 1. The first-order valence-corrected chi connectivity index (χ1v) is 12.3. The number of aryl methyl sites for hydroxylation is 1. The zero-order valence-electron chi connectivity index (χ0n) is 20.3. The summed E-state index contributed by atoms with van der Waals surface area (Å²) in [6, 6.07) is 23.9. The van der Waals surface area contributed by atoms with Crippen molar-refractivity contribution in [3.8, 4) is 22.8 Å². The Morgan fingerprint density at radius 2 is 1.75 bits per heavy atom. The number of fused-ring (bicyclic) bond motifs is 2. The maximum absolute atomic E-state index is 11.1. The van der Waals surface area contributed by atoms with Crippen LogP contribution in [0.25, 0.3) is 33.2 Å². The minimum absolute atomic E-state index is 0.0757. The van der Waals surface area contributed by atoms with Crippen molar-refractivity contribution in [3.05, 3.63) is 84.6 Å². The molecule has 6 nitrogen and oxygen atoms in total. The lowest BCUT2D eigenvalue weighted by Crippen LogP contribution is -2.07. The summed E-state index contributed by atoms with van der Waals surface area (Å²) >= 11 is 0. The van der Waals surface area contributed by atoms with E-state index in [2.05, 4.69) is 31.2 Å². The van der Waals surface area contributed by atoms with Crippen molar-refractivity contribution >= 4 is 27.8 Å². The molecule has 6 heteroatoms. The highest BCUT2D eigenvalue weighted by Gasteiger charge is 2.15. The zero-order chi connectivity index (χ0) is 24.9. The summed E-state index contributed by atoms with van der Waals surface area (Å²) in [5.74, 6) is 1.59. The molecule has 5 aromatic rings. The molecule has 0 saturated heterocycles. The molecule has 0 saturated carbocycles. The van der Waals surface area contributed by atoms with Crippen molar-refractivity contribution in [1.82, 2.24) is 4.57 Å². The Morgan fingerprint density at radius 3 is 2.53 bits per heavy atom. The maximum atomic E-state index is 11.1. The van der Waals surface area contributed by atoms with Crippen LogP contribution in [0.3, 0.4) is 0 Å². The fourth-order valence-corrected chi connectivity index (χ4v) is 4.54. The van der Waals surface area contributed by atoms with Crippen LogP contribution in [-0.4, -0.2) is 28.9 Å². The monoisotopic (exact) mass is 483 g/mol. The summed E-state index contributed by atoms with van der Waals surface area (Å²) in [6.45, 7) is 3.09. The number of aromatic nitrogens is 1. The maximum Gasteiger partial charge on any atom is 0.323 e. The molecule has 2 heterocycles. The molecule has 0 fully saturated rings. The molecule has 0 spiro atoms. The highest BCUT2D eigenvalue weighted by molar-refractivity contribution is 5.88. The van der Waals surface area contributed by atoms with Crippen LogP contribution in [0.2, 0.25) is 0 Å². The highest BCUT2D eigenvalue weighted by atomic mass is 16.5. The van der Waals surface area contributed by atoms with Gasteiger partial charge in [0.1, 0.15) is 29.4 Å². The Labute approximate surface area is 209 Å². The second kappa shape index (κ2) is 10.6. The van der Waals surface area contributed by atoms with Crippen LogP contribution in [0.5, 0.6) is 11.5 Å². The van der Waals surface area contributed by atoms with Gasteiger partial charge in [0.2, 0.25) is 0 Å². The third kappa shape index (κ3) is 4.93. The number of nitrogens with zero attached hydrogens (tertiary/aromatic N) is 1. The number of carbonyl (C=O) groups is 1. The van der Waals surface area contributed by atoms with Gasteiger partial charge < -0.3 is 23.6 Å². The van der Waals surface area contributed by atoms with Gasteiger partial charge in [0.25, 0.3) is 0 Å². The van der Waals surface area contributed by atoms with Crippen LogP contribution in [-0.2, 0) is 17.8 Å². The van der Waals surface area contributed by atoms with Gasteiger partial charge in [-0.1, -0.05) is 49.7 Å². The molecular weight excluding hydrogens is 454 g/mol. The molecule has 0 aliphatic rings. The SMILES string of the molecule is CCCc1c(OCCCOc2cccc3c2ccn3CC(=O)O)ccc2cc(-c3ccccc3)oc12. The van der Waals surface area contributed by atoms with Gasteiger partial charge in [0.05, 0.1) is 18.7 Å². The molecule has 0 atom stereocenters. The molecule has 0 aliphatic carbocycles. The number of carboxylic acids is 1. The number of furan rings is 1. The van der Waals surface area contributed by atoms with E-state index in [1.807, 2.05) is 48.5 Å². The summed E-state index contributed by atoms with van der Waals surface area (Å²) in [6.07, 6.45) is 4.35. The summed E-state index contributed by atoms with van der Waals surface area (Å²) in [4.78, 5) is 11.1.